The lowest BCUT2D eigenvalue weighted by Crippen LogP contribution is -2.55. The molecule has 1 rings (SSSR count). The van der Waals surface area contributed by atoms with Gasteiger partial charge in [-0.25, -0.2) is 0 Å². The second kappa shape index (κ2) is 7.17. The number of nitrogens with zero attached hydrogens (tertiary/aromatic N) is 2. The van der Waals surface area contributed by atoms with Crippen LogP contribution < -0.4 is 0 Å². The fourth-order valence-corrected chi connectivity index (χ4v) is 2.64. The molecule has 4 nitrogen and oxygen atoms in total. The number of piperidine rings is 1. The van der Waals surface area contributed by atoms with Gasteiger partial charge in [-0.15, -0.1) is 0 Å². The van der Waals surface area contributed by atoms with E-state index >= 15 is 0 Å². The standard InChI is InChI=1S/C15H27F3N2O2/c1-11(2)9-20(12(3)4)13(21)10-19-7-5-14(22,6-8-19)15(16,17)18/h11-12,22H,5-10H2,1-4H3. The highest BCUT2D eigenvalue weighted by atomic mass is 19.4. The molecule has 0 atom stereocenters. The van der Waals surface area contributed by atoms with Crippen LogP contribution in [0, 0.1) is 5.92 Å². The van der Waals surface area contributed by atoms with Gasteiger partial charge in [0.15, 0.2) is 5.60 Å². The zero-order valence-electron chi connectivity index (χ0n) is 13.8. The van der Waals surface area contributed by atoms with Crippen molar-refractivity contribution in [2.24, 2.45) is 5.92 Å². The number of hydrogen-bond acceptors (Lipinski definition) is 3. The fourth-order valence-electron chi connectivity index (χ4n) is 2.64. The molecular weight excluding hydrogens is 297 g/mol. The minimum atomic E-state index is -4.61. The summed E-state index contributed by atoms with van der Waals surface area (Å²) in [6.07, 6.45) is -5.37. The normalized spacial score (nSPS) is 19.7. The lowest BCUT2D eigenvalue weighted by atomic mass is 9.91. The first-order valence-corrected chi connectivity index (χ1v) is 7.77. The van der Waals surface area contributed by atoms with E-state index in [-0.39, 0.29) is 44.4 Å². The molecule has 0 aromatic heterocycles. The van der Waals surface area contributed by atoms with Crippen molar-refractivity contribution >= 4 is 5.91 Å². The van der Waals surface area contributed by atoms with E-state index in [9.17, 15) is 23.1 Å². The van der Waals surface area contributed by atoms with Gasteiger partial charge in [0.25, 0.3) is 0 Å². The van der Waals surface area contributed by atoms with Crippen molar-refractivity contribution in [1.29, 1.82) is 0 Å². The molecule has 1 amide bonds. The molecule has 0 radical (unpaired) electrons. The van der Waals surface area contributed by atoms with Gasteiger partial charge in [-0.1, -0.05) is 13.8 Å². The molecule has 0 aromatic rings. The summed E-state index contributed by atoms with van der Waals surface area (Å²) in [6, 6.07) is 0.0619. The van der Waals surface area contributed by atoms with Crippen molar-refractivity contribution < 1.29 is 23.1 Å². The number of alkyl halides is 3. The Morgan fingerprint density at radius 3 is 2.09 bits per heavy atom. The van der Waals surface area contributed by atoms with Crippen LogP contribution in [0.5, 0.6) is 0 Å². The van der Waals surface area contributed by atoms with Crippen molar-refractivity contribution in [2.45, 2.75) is 58.4 Å². The first kappa shape index (κ1) is 19.2. The summed E-state index contributed by atoms with van der Waals surface area (Å²) in [5.74, 6) is 0.268. The SMILES string of the molecule is CC(C)CN(C(=O)CN1CCC(O)(C(F)(F)F)CC1)C(C)C. The summed E-state index contributed by atoms with van der Waals surface area (Å²) in [4.78, 5) is 15.8. The van der Waals surface area contributed by atoms with Crippen molar-refractivity contribution in [2.75, 3.05) is 26.2 Å². The Labute approximate surface area is 130 Å². The van der Waals surface area contributed by atoms with E-state index in [1.165, 1.54) is 0 Å². The van der Waals surface area contributed by atoms with E-state index in [4.69, 9.17) is 0 Å². The van der Waals surface area contributed by atoms with Crippen molar-refractivity contribution in [3.05, 3.63) is 0 Å². The number of aliphatic hydroxyl groups is 1. The first-order valence-electron chi connectivity index (χ1n) is 7.77. The molecule has 1 saturated heterocycles. The van der Waals surface area contributed by atoms with E-state index in [1.807, 2.05) is 27.7 Å². The fraction of sp³-hybridized carbons (Fsp3) is 0.933. The lowest BCUT2D eigenvalue weighted by molar-refractivity contribution is -0.272. The van der Waals surface area contributed by atoms with Gasteiger partial charge in [-0.05, 0) is 32.6 Å². The number of rotatable bonds is 5. The molecule has 1 heterocycles. The van der Waals surface area contributed by atoms with Gasteiger partial charge >= 0.3 is 6.18 Å². The van der Waals surface area contributed by atoms with Crippen LogP contribution in [-0.4, -0.2) is 64.8 Å². The number of halogens is 3. The van der Waals surface area contributed by atoms with Gasteiger partial charge < -0.3 is 10.0 Å². The maximum Gasteiger partial charge on any atom is 0.417 e. The Hall–Kier alpha value is -0.820. The maximum absolute atomic E-state index is 12.7. The molecule has 1 aliphatic heterocycles. The zero-order valence-corrected chi connectivity index (χ0v) is 13.8. The van der Waals surface area contributed by atoms with Crippen LogP contribution in [0.25, 0.3) is 0 Å². The van der Waals surface area contributed by atoms with Gasteiger partial charge in [-0.2, -0.15) is 13.2 Å². The predicted octanol–water partition coefficient (Wildman–Crippen LogP) is 2.27. The summed E-state index contributed by atoms with van der Waals surface area (Å²) >= 11 is 0. The number of amides is 1. The first-order chi connectivity index (χ1) is 9.96. The summed E-state index contributed by atoms with van der Waals surface area (Å²) in [5, 5.41) is 9.63. The van der Waals surface area contributed by atoms with Crippen LogP contribution in [-0.2, 0) is 4.79 Å². The maximum atomic E-state index is 12.7. The van der Waals surface area contributed by atoms with E-state index in [1.54, 1.807) is 9.80 Å². The molecule has 1 aliphatic rings. The molecule has 0 aromatic carbocycles. The Kier molecular flexibility index (Phi) is 6.27. The third-order valence-electron chi connectivity index (χ3n) is 4.08. The molecule has 22 heavy (non-hydrogen) atoms. The van der Waals surface area contributed by atoms with Crippen LogP contribution in [0.3, 0.4) is 0 Å². The average Bonchev–Trinajstić information content (AvgIpc) is 2.37. The molecule has 0 saturated carbocycles. The summed E-state index contributed by atoms with van der Waals surface area (Å²) in [5.41, 5.74) is -2.61. The predicted molar refractivity (Wildman–Crippen MR) is 78.4 cm³/mol. The van der Waals surface area contributed by atoms with Crippen molar-refractivity contribution in [3.63, 3.8) is 0 Å². The Bertz CT molecular complexity index is 375. The third kappa shape index (κ3) is 4.84. The minimum absolute atomic E-state index is 0.0619. The van der Waals surface area contributed by atoms with Crippen LogP contribution in [0.1, 0.15) is 40.5 Å². The van der Waals surface area contributed by atoms with Gasteiger partial charge in [-0.3, -0.25) is 9.69 Å². The summed E-state index contributed by atoms with van der Waals surface area (Å²) in [7, 11) is 0. The number of carbonyl (C=O) groups excluding carboxylic acids is 1. The number of likely N-dealkylation sites (tertiary alicyclic amines) is 1. The molecule has 130 valence electrons. The molecule has 0 unspecified atom stereocenters. The monoisotopic (exact) mass is 324 g/mol. The van der Waals surface area contributed by atoms with Crippen LogP contribution in [0.15, 0.2) is 0 Å². The van der Waals surface area contributed by atoms with Gasteiger partial charge in [0.1, 0.15) is 0 Å². The van der Waals surface area contributed by atoms with E-state index in [0.717, 1.165) is 0 Å². The van der Waals surface area contributed by atoms with Gasteiger partial charge in [0.05, 0.1) is 6.54 Å². The molecule has 1 N–H and O–H groups in total. The lowest BCUT2D eigenvalue weighted by Gasteiger charge is -2.39. The van der Waals surface area contributed by atoms with Gasteiger partial charge in [0, 0.05) is 25.7 Å². The highest BCUT2D eigenvalue weighted by molar-refractivity contribution is 5.78. The van der Waals surface area contributed by atoms with Gasteiger partial charge in [0.2, 0.25) is 5.91 Å². The Morgan fingerprint density at radius 2 is 1.73 bits per heavy atom. The third-order valence-corrected chi connectivity index (χ3v) is 4.08. The van der Waals surface area contributed by atoms with Crippen LogP contribution in [0.2, 0.25) is 0 Å². The van der Waals surface area contributed by atoms with E-state index in [0.29, 0.717) is 12.5 Å². The largest absolute Gasteiger partial charge is 0.417 e. The minimum Gasteiger partial charge on any atom is -0.380 e. The zero-order chi connectivity index (χ0) is 17.1. The second-order valence-corrected chi connectivity index (χ2v) is 6.84. The number of hydrogen-bond donors (Lipinski definition) is 1. The topological polar surface area (TPSA) is 43.8 Å². The van der Waals surface area contributed by atoms with E-state index < -0.39 is 11.8 Å². The Morgan fingerprint density at radius 1 is 1.23 bits per heavy atom. The van der Waals surface area contributed by atoms with Crippen LogP contribution in [0.4, 0.5) is 13.2 Å². The van der Waals surface area contributed by atoms with Crippen molar-refractivity contribution in [3.8, 4) is 0 Å². The highest BCUT2D eigenvalue weighted by Crippen LogP contribution is 2.38. The molecule has 0 spiro atoms. The highest BCUT2D eigenvalue weighted by Gasteiger charge is 2.54. The molecular formula is C15H27F3N2O2. The number of carbonyl (C=O) groups is 1. The summed E-state index contributed by atoms with van der Waals surface area (Å²) in [6.45, 7) is 8.80. The molecule has 0 aliphatic carbocycles. The van der Waals surface area contributed by atoms with E-state index in [2.05, 4.69) is 0 Å². The Balaban J connectivity index is 2.57. The quantitative estimate of drug-likeness (QED) is 0.844. The summed E-state index contributed by atoms with van der Waals surface area (Å²) < 4.78 is 38.2. The second-order valence-electron chi connectivity index (χ2n) is 6.84. The average molecular weight is 324 g/mol. The smallest absolute Gasteiger partial charge is 0.380 e. The van der Waals surface area contributed by atoms with Crippen molar-refractivity contribution in [1.82, 2.24) is 9.80 Å². The molecule has 0 bridgehead atoms. The molecule has 1 fully saturated rings. The molecule has 7 heteroatoms. The van der Waals surface area contributed by atoms with Crippen LogP contribution >= 0.6 is 0 Å².